The average Bonchev–Trinajstić information content (AvgIpc) is 2.99. The van der Waals surface area contributed by atoms with Crippen molar-refractivity contribution in [2.45, 2.75) is 63.1 Å². The molecule has 2 saturated heterocycles. The van der Waals surface area contributed by atoms with Crippen LogP contribution >= 0.6 is 0 Å². The van der Waals surface area contributed by atoms with Crippen LogP contribution in [0.4, 0.5) is 5.69 Å². The van der Waals surface area contributed by atoms with Gasteiger partial charge in [0.2, 0.25) is 11.8 Å². The van der Waals surface area contributed by atoms with Gasteiger partial charge in [0, 0.05) is 36.7 Å². The van der Waals surface area contributed by atoms with Gasteiger partial charge in [-0.05, 0) is 50.3 Å². The smallest absolute Gasteiger partial charge is 0.238 e. The highest BCUT2D eigenvalue weighted by atomic mass is 16.5. The van der Waals surface area contributed by atoms with E-state index in [1.165, 1.54) is 5.56 Å². The van der Waals surface area contributed by atoms with Gasteiger partial charge >= 0.3 is 0 Å². The van der Waals surface area contributed by atoms with Gasteiger partial charge in [-0.25, -0.2) is 0 Å². The molecule has 3 aliphatic rings. The Labute approximate surface area is 200 Å². The third kappa shape index (κ3) is 4.89. The van der Waals surface area contributed by atoms with Crippen LogP contribution in [0, 0.1) is 0 Å². The topological polar surface area (TPSA) is 79.9 Å². The molecule has 180 valence electrons. The van der Waals surface area contributed by atoms with Crippen molar-refractivity contribution in [1.29, 1.82) is 0 Å². The molecule has 7 heteroatoms. The van der Waals surface area contributed by atoms with Crippen LogP contribution in [0.5, 0.6) is 11.5 Å². The first-order valence-electron chi connectivity index (χ1n) is 12.3. The van der Waals surface area contributed by atoms with Crippen LogP contribution in [0.2, 0.25) is 0 Å². The maximum absolute atomic E-state index is 13.2. The van der Waals surface area contributed by atoms with E-state index in [0.717, 1.165) is 32.1 Å². The first-order valence-corrected chi connectivity index (χ1v) is 12.3. The summed E-state index contributed by atoms with van der Waals surface area (Å²) in [6.07, 6.45) is 4.80. The Balaban J connectivity index is 1.34. The van der Waals surface area contributed by atoms with Gasteiger partial charge in [-0.2, -0.15) is 0 Å². The van der Waals surface area contributed by atoms with Crippen LogP contribution in [0.15, 0.2) is 48.5 Å². The zero-order valence-corrected chi connectivity index (χ0v) is 19.7. The molecule has 2 fully saturated rings. The van der Waals surface area contributed by atoms with Crippen LogP contribution < -0.4 is 20.1 Å². The molecule has 34 heavy (non-hydrogen) atoms. The van der Waals surface area contributed by atoms with E-state index in [4.69, 9.17) is 9.47 Å². The number of benzene rings is 2. The largest absolute Gasteiger partial charge is 0.490 e. The molecule has 3 atom stereocenters. The van der Waals surface area contributed by atoms with Crippen molar-refractivity contribution in [3.8, 4) is 11.5 Å². The number of fused-ring (bicyclic) bond motifs is 2. The minimum Gasteiger partial charge on any atom is -0.490 e. The predicted molar refractivity (Wildman–Crippen MR) is 130 cm³/mol. The predicted octanol–water partition coefficient (Wildman–Crippen LogP) is 3.53. The normalized spacial score (nSPS) is 26.7. The molecule has 2 aromatic carbocycles. The Bertz CT molecular complexity index is 1040. The van der Waals surface area contributed by atoms with E-state index >= 15 is 0 Å². The van der Waals surface area contributed by atoms with Gasteiger partial charge in [0.1, 0.15) is 0 Å². The SMILES string of the molecule is C[C@]12C[C@@H](Cc3ccccc3)N(CC(=O)Nc3ccc4c(c3)OCCCO4)[C@H]1CCCC(=O)N2. The molecular formula is C27H33N3O4. The molecule has 7 nitrogen and oxygen atoms in total. The van der Waals surface area contributed by atoms with Gasteiger partial charge in [0.05, 0.1) is 25.3 Å². The Kier molecular flexibility index (Phi) is 6.46. The summed E-state index contributed by atoms with van der Waals surface area (Å²) in [6.45, 7) is 3.65. The fourth-order valence-corrected chi connectivity index (χ4v) is 5.74. The molecule has 0 radical (unpaired) electrons. The van der Waals surface area contributed by atoms with Crippen LogP contribution in [-0.4, -0.2) is 54.1 Å². The lowest BCUT2D eigenvalue weighted by atomic mass is 9.89. The number of hydrogen-bond acceptors (Lipinski definition) is 5. The molecule has 0 saturated carbocycles. The van der Waals surface area contributed by atoms with Gasteiger partial charge in [-0.15, -0.1) is 0 Å². The highest BCUT2D eigenvalue weighted by molar-refractivity contribution is 5.92. The monoisotopic (exact) mass is 463 g/mol. The first-order chi connectivity index (χ1) is 16.5. The summed E-state index contributed by atoms with van der Waals surface area (Å²) in [6, 6.07) is 16.2. The summed E-state index contributed by atoms with van der Waals surface area (Å²) in [5, 5.41) is 6.34. The van der Waals surface area contributed by atoms with E-state index < -0.39 is 0 Å². The number of nitrogens with zero attached hydrogens (tertiary/aromatic N) is 1. The Morgan fingerprint density at radius 2 is 1.91 bits per heavy atom. The summed E-state index contributed by atoms with van der Waals surface area (Å²) in [7, 11) is 0. The van der Waals surface area contributed by atoms with Crippen molar-refractivity contribution in [3.63, 3.8) is 0 Å². The van der Waals surface area contributed by atoms with E-state index in [-0.39, 0.29) is 36.0 Å². The Morgan fingerprint density at radius 1 is 1.12 bits per heavy atom. The number of carbonyl (C=O) groups excluding carboxylic acids is 2. The number of carbonyl (C=O) groups is 2. The van der Waals surface area contributed by atoms with Gasteiger partial charge in [0.25, 0.3) is 0 Å². The second-order valence-electron chi connectivity index (χ2n) is 9.85. The summed E-state index contributed by atoms with van der Waals surface area (Å²) in [5.74, 6) is 1.43. The number of likely N-dealkylation sites (tertiary alicyclic amines) is 1. The lowest BCUT2D eigenvalue weighted by molar-refractivity contribution is -0.122. The standard InChI is InChI=1S/C27H33N3O4/c1-27-17-21(15-19-7-3-2-4-8-19)30(24(27)9-5-10-25(31)29-27)18-26(32)28-20-11-12-22-23(16-20)34-14-6-13-33-22/h2-4,7-8,11-12,16,21,24H,5-6,9-10,13-15,17-18H2,1H3,(H,28,32)(H,29,31)/t21-,24+,27+/m1/s1. The molecule has 3 aliphatic heterocycles. The molecular weight excluding hydrogens is 430 g/mol. The van der Waals surface area contributed by atoms with Gasteiger partial charge in [-0.1, -0.05) is 30.3 Å². The fraction of sp³-hybridized carbons (Fsp3) is 0.481. The second kappa shape index (κ2) is 9.66. The van der Waals surface area contributed by atoms with Crippen molar-refractivity contribution in [1.82, 2.24) is 10.2 Å². The first kappa shape index (κ1) is 22.7. The van der Waals surface area contributed by atoms with E-state index in [2.05, 4.69) is 34.6 Å². The van der Waals surface area contributed by atoms with Gasteiger partial charge in [0.15, 0.2) is 11.5 Å². The molecule has 2 amide bonds. The van der Waals surface area contributed by atoms with Crippen LogP contribution in [0.3, 0.4) is 0 Å². The Morgan fingerprint density at radius 3 is 2.74 bits per heavy atom. The van der Waals surface area contributed by atoms with Crippen molar-refractivity contribution in [2.24, 2.45) is 0 Å². The summed E-state index contributed by atoms with van der Waals surface area (Å²) in [5.41, 5.74) is 1.61. The molecule has 2 N–H and O–H groups in total. The highest BCUT2D eigenvalue weighted by Gasteiger charge is 2.50. The van der Waals surface area contributed by atoms with Crippen LogP contribution in [-0.2, 0) is 16.0 Å². The lowest BCUT2D eigenvalue weighted by Crippen LogP contribution is -2.54. The lowest BCUT2D eigenvalue weighted by Gasteiger charge is -2.34. The van der Waals surface area contributed by atoms with E-state index in [1.807, 2.05) is 36.4 Å². The minimum atomic E-state index is -0.331. The molecule has 0 unspecified atom stereocenters. The zero-order valence-electron chi connectivity index (χ0n) is 19.7. The van der Waals surface area contributed by atoms with Gasteiger partial charge in [-0.3, -0.25) is 14.5 Å². The third-order valence-corrected chi connectivity index (χ3v) is 7.24. The second-order valence-corrected chi connectivity index (χ2v) is 9.85. The molecule has 0 aromatic heterocycles. The molecule has 3 heterocycles. The molecule has 0 aliphatic carbocycles. The highest BCUT2D eigenvalue weighted by Crippen LogP contribution is 2.39. The number of ether oxygens (including phenoxy) is 2. The zero-order chi connectivity index (χ0) is 23.5. The van der Waals surface area contributed by atoms with Crippen molar-refractivity contribution >= 4 is 17.5 Å². The quantitative estimate of drug-likeness (QED) is 0.709. The molecule has 0 spiro atoms. The summed E-state index contributed by atoms with van der Waals surface area (Å²) >= 11 is 0. The van der Waals surface area contributed by atoms with Crippen molar-refractivity contribution in [2.75, 3.05) is 25.1 Å². The van der Waals surface area contributed by atoms with Gasteiger partial charge < -0.3 is 20.1 Å². The number of nitrogens with one attached hydrogen (secondary N) is 2. The number of rotatable bonds is 5. The molecule has 0 bridgehead atoms. The van der Waals surface area contributed by atoms with E-state index in [0.29, 0.717) is 36.8 Å². The number of amides is 2. The maximum atomic E-state index is 13.2. The molecule has 5 rings (SSSR count). The van der Waals surface area contributed by atoms with E-state index in [1.54, 1.807) is 0 Å². The van der Waals surface area contributed by atoms with Crippen molar-refractivity contribution < 1.29 is 19.1 Å². The average molecular weight is 464 g/mol. The summed E-state index contributed by atoms with van der Waals surface area (Å²) < 4.78 is 11.5. The maximum Gasteiger partial charge on any atom is 0.238 e. The fourth-order valence-electron chi connectivity index (χ4n) is 5.74. The third-order valence-electron chi connectivity index (χ3n) is 7.24. The van der Waals surface area contributed by atoms with Crippen LogP contribution in [0.25, 0.3) is 0 Å². The minimum absolute atomic E-state index is 0.0626. The Hall–Kier alpha value is -3.06. The van der Waals surface area contributed by atoms with Crippen LogP contribution in [0.1, 0.15) is 44.6 Å². The number of hydrogen-bond donors (Lipinski definition) is 2. The molecule has 2 aromatic rings. The summed E-state index contributed by atoms with van der Waals surface area (Å²) in [4.78, 5) is 27.9. The number of anilines is 1. The van der Waals surface area contributed by atoms with Crippen molar-refractivity contribution in [3.05, 3.63) is 54.1 Å². The van der Waals surface area contributed by atoms with E-state index in [9.17, 15) is 9.59 Å².